The second kappa shape index (κ2) is 6.77. The first-order chi connectivity index (χ1) is 9.97. The number of hydrogen-bond acceptors (Lipinski definition) is 4. The number of rotatable bonds is 8. The summed E-state index contributed by atoms with van der Waals surface area (Å²) < 4.78 is 32.9. The molecule has 0 radical (unpaired) electrons. The molecule has 1 aromatic carbocycles. The van der Waals surface area contributed by atoms with Gasteiger partial charge in [0.15, 0.2) is 0 Å². The van der Waals surface area contributed by atoms with Crippen LogP contribution in [-0.4, -0.2) is 28.6 Å². The van der Waals surface area contributed by atoms with Crippen LogP contribution in [0, 0.1) is 11.8 Å². The molecule has 0 amide bonds. The quantitative estimate of drug-likeness (QED) is 0.767. The Labute approximate surface area is 127 Å². The molecular weight excluding hydrogens is 288 g/mol. The summed E-state index contributed by atoms with van der Waals surface area (Å²) in [6, 6.07) is 5.01. The third-order valence-electron chi connectivity index (χ3n) is 3.82. The molecule has 1 aliphatic carbocycles. The van der Waals surface area contributed by atoms with Crippen LogP contribution in [0.15, 0.2) is 23.1 Å². The van der Waals surface area contributed by atoms with Gasteiger partial charge in [-0.15, -0.1) is 0 Å². The number of sulfonamides is 1. The minimum absolute atomic E-state index is 0.296. The summed E-state index contributed by atoms with van der Waals surface area (Å²) in [7, 11) is -1.62. The normalized spacial score (nSPS) is 21.3. The monoisotopic (exact) mass is 312 g/mol. The van der Waals surface area contributed by atoms with Crippen LogP contribution < -0.4 is 14.8 Å². The van der Waals surface area contributed by atoms with Crippen molar-refractivity contribution < 1.29 is 13.2 Å². The molecule has 1 fully saturated rings. The van der Waals surface area contributed by atoms with Crippen LogP contribution in [0.2, 0.25) is 0 Å². The average molecular weight is 312 g/mol. The van der Waals surface area contributed by atoms with Gasteiger partial charge in [-0.05, 0) is 50.4 Å². The van der Waals surface area contributed by atoms with Crippen LogP contribution in [0.5, 0.6) is 5.75 Å². The molecule has 2 rings (SSSR count). The van der Waals surface area contributed by atoms with Gasteiger partial charge in [0.05, 0.1) is 11.5 Å². The van der Waals surface area contributed by atoms with Crippen LogP contribution in [0.4, 0.5) is 0 Å². The average Bonchev–Trinajstić information content (AvgIpc) is 3.15. The Balaban J connectivity index is 2.15. The van der Waals surface area contributed by atoms with E-state index in [-0.39, 0.29) is 0 Å². The first-order valence-electron chi connectivity index (χ1n) is 7.38. The molecule has 0 aliphatic heterocycles. The molecule has 5 nitrogen and oxygen atoms in total. The predicted molar refractivity (Wildman–Crippen MR) is 82.8 cm³/mol. The van der Waals surface area contributed by atoms with E-state index in [4.69, 9.17) is 4.74 Å². The van der Waals surface area contributed by atoms with Gasteiger partial charge in [0, 0.05) is 18.7 Å². The predicted octanol–water partition coefficient (Wildman–Crippen LogP) is 1.74. The third-order valence-corrected chi connectivity index (χ3v) is 5.24. The Morgan fingerprint density at radius 2 is 2.10 bits per heavy atom. The number of nitrogens with one attached hydrogen (secondary N) is 2. The Morgan fingerprint density at radius 1 is 1.38 bits per heavy atom. The van der Waals surface area contributed by atoms with Crippen LogP contribution in [0.25, 0.3) is 0 Å². The zero-order valence-electron chi connectivity index (χ0n) is 12.8. The van der Waals surface area contributed by atoms with Crippen LogP contribution in [0.1, 0.15) is 25.8 Å². The molecule has 1 aromatic rings. The molecule has 2 N–H and O–H groups in total. The maximum Gasteiger partial charge on any atom is 0.240 e. The van der Waals surface area contributed by atoms with Crippen LogP contribution >= 0.6 is 0 Å². The van der Waals surface area contributed by atoms with Gasteiger partial charge in [0.2, 0.25) is 10.0 Å². The molecule has 0 aromatic heterocycles. The molecule has 1 aliphatic rings. The Hall–Kier alpha value is -1.11. The van der Waals surface area contributed by atoms with E-state index in [1.165, 1.54) is 0 Å². The van der Waals surface area contributed by atoms with Crippen molar-refractivity contribution in [3.63, 3.8) is 0 Å². The largest absolute Gasteiger partial charge is 0.494 e. The van der Waals surface area contributed by atoms with E-state index in [0.29, 0.717) is 36.4 Å². The maximum absolute atomic E-state index is 12.3. The fourth-order valence-electron chi connectivity index (χ4n) is 2.33. The van der Waals surface area contributed by atoms with E-state index < -0.39 is 10.0 Å². The lowest BCUT2D eigenvalue weighted by Gasteiger charge is -2.13. The van der Waals surface area contributed by atoms with Crippen molar-refractivity contribution in [1.82, 2.24) is 10.0 Å². The van der Waals surface area contributed by atoms with Crippen LogP contribution in [-0.2, 0) is 16.6 Å². The summed E-state index contributed by atoms with van der Waals surface area (Å²) in [5.41, 5.74) is 0.849. The van der Waals surface area contributed by atoms with Gasteiger partial charge < -0.3 is 10.1 Å². The number of benzene rings is 1. The van der Waals surface area contributed by atoms with Gasteiger partial charge in [-0.1, -0.05) is 6.92 Å². The molecule has 0 saturated heterocycles. The second-order valence-electron chi connectivity index (χ2n) is 5.56. The molecule has 1 saturated carbocycles. The first-order valence-corrected chi connectivity index (χ1v) is 8.86. The van der Waals surface area contributed by atoms with Crippen molar-refractivity contribution in [3.05, 3.63) is 23.8 Å². The maximum atomic E-state index is 12.3. The van der Waals surface area contributed by atoms with Crippen molar-refractivity contribution >= 4 is 10.0 Å². The minimum atomic E-state index is -3.44. The van der Waals surface area contributed by atoms with Crippen molar-refractivity contribution in [2.24, 2.45) is 11.8 Å². The Bertz CT molecular complexity index is 587. The highest BCUT2D eigenvalue weighted by Crippen LogP contribution is 2.37. The van der Waals surface area contributed by atoms with Crippen molar-refractivity contribution in [2.45, 2.75) is 31.7 Å². The molecule has 0 heterocycles. The highest BCUT2D eigenvalue weighted by molar-refractivity contribution is 7.89. The smallest absolute Gasteiger partial charge is 0.240 e. The van der Waals surface area contributed by atoms with Gasteiger partial charge in [-0.25, -0.2) is 13.1 Å². The number of ether oxygens (including phenoxy) is 1. The summed E-state index contributed by atoms with van der Waals surface area (Å²) in [4.78, 5) is 0.296. The van der Waals surface area contributed by atoms with E-state index in [9.17, 15) is 8.42 Å². The summed E-state index contributed by atoms with van der Waals surface area (Å²) in [5, 5.41) is 3.03. The van der Waals surface area contributed by atoms with Crippen molar-refractivity contribution in [1.29, 1.82) is 0 Å². The second-order valence-corrected chi connectivity index (χ2v) is 7.32. The van der Waals surface area contributed by atoms with E-state index in [2.05, 4.69) is 17.0 Å². The highest BCUT2D eigenvalue weighted by Gasteiger charge is 2.33. The summed E-state index contributed by atoms with van der Waals surface area (Å²) in [6.45, 7) is 5.70. The zero-order valence-corrected chi connectivity index (χ0v) is 13.7. The Morgan fingerprint density at radius 3 is 2.67 bits per heavy atom. The summed E-state index contributed by atoms with van der Waals surface area (Å²) in [6.07, 6.45) is 1.11. The van der Waals surface area contributed by atoms with E-state index in [0.717, 1.165) is 17.7 Å². The summed E-state index contributed by atoms with van der Waals surface area (Å²) in [5.74, 6) is 1.84. The Kier molecular flexibility index (Phi) is 5.24. The zero-order chi connectivity index (χ0) is 15.5. The topological polar surface area (TPSA) is 67.4 Å². The highest BCUT2D eigenvalue weighted by atomic mass is 32.2. The lowest BCUT2D eigenvalue weighted by Crippen LogP contribution is -2.26. The molecule has 0 bridgehead atoms. The van der Waals surface area contributed by atoms with Gasteiger partial charge in [0.25, 0.3) is 0 Å². The van der Waals surface area contributed by atoms with Gasteiger partial charge in [0.1, 0.15) is 5.75 Å². The lowest BCUT2D eigenvalue weighted by atomic mass is 10.2. The molecule has 0 spiro atoms. The molecule has 21 heavy (non-hydrogen) atoms. The lowest BCUT2D eigenvalue weighted by molar-refractivity contribution is 0.335. The van der Waals surface area contributed by atoms with E-state index in [1.807, 2.05) is 14.0 Å². The number of hydrogen-bond donors (Lipinski definition) is 2. The summed E-state index contributed by atoms with van der Waals surface area (Å²) >= 11 is 0. The third kappa shape index (κ3) is 4.18. The van der Waals surface area contributed by atoms with Gasteiger partial charge in [-0.3, -0.25) is 0 Å². The SMILES string of the molecule is CCOc1ccc(S(=O)(=O)NCC2CC2C)cc1CNC. The van der Waals surface area contributed by atoms with E-state index in [1.54, 1.807) is 18.2 Å². The first kappa shape index (κ1) is 16.3. The van der Waals surface area contributed by atoms with E-state index >= 15 is 0 Å². The van der Waals surface area contributed by atoms with Crippen LogP contribution in [0.3, 0.4) is 0 Å². The van der Waals surface area contributed by atoms with Crippen molar-refractivity contribution in [3.8, 4) is 5.75 Å². The van der Waals surface area contributed by atoms with Gasteiger partial charge in [-0.2, -0.15) is 0 Å². The van der Waals surface area contributed by atoms with Crippen molar-refractivity contribution in [2.75, 3.05) is 20.2 Å². The molecule has 6 heteroatoms. The molecule has 118 valence electrons. The molecular formula is C15H24N2O3S. The fraction of sp³-hybridized carbons (Fsp3) is 0.600. The molecule has 2 atom stereocenters. The van der Waals surface area contributed by atoms with Gasteiger partial charge >= 0.3 is 0 Å². The fourth-order valence-corrected chi connectivity index (χ4v) is 3.48. The standard InChI is InChI=1S/C15H24N2O3S/c1-4-20-15-6-5-14(8-13(15)9-16-3)21(18,19)17-10-12-7-11(12)2/h5-6,8,11-12,16-17H,4,7,9-10H2,1-3H3. The molecule has 2 unspecified atom stereocenters. The minimum Gasteiger partial charge on any atom is -0.494 e.